The van der Waals surface area contributed by atoms with Crippen LogP contribution in [-0.4, -0.2) is 0 Å². The summed E-state index contributed by atoms with van der Waals surface area (Å²) in [6, 6.07) is 14.3. The van der Waals surface area contributed by atoms with E-state index in [0.717, 1.165) is 17.1 Å². The van der Waals surface area contributed by atoms with Crippen LogP contribution in [0.25, 0.3) is 0 Å². The van der Waals surface area contributed by atoms with Crippen LogP contribution in [-0.2, 0) is 5.41 Å². The number of ether oxygens (including phenoxy) is 1. The fraction of sp³-hybridized carbons (Fsp3) is 0.368. The highest BCUT2D eigenvalue weighted by molar-refractivity contribution is 5.44. The smallest absolute Gasteiger partial charge is 0.131 e. The standard InChI is InChI=1S/C19H25NO/c1-13-9-10-18(17(11-13)19(3,4)5)21-16-8-6-7-15(12-16)14(2)20/h6-12,14H,20H2,1-5H3. The Morgan fingerprint density at radius 1 is 1.05 bits per heavy atom. The van der Waals surface area contributed by atoms with E-state index in [9.17, 15) is 0 Å². The minimum Gasteiger partial charge on any atom is -0.457 e. The van der Waals surface area contributed by atoms with E-state index in [-0.39, 0.29) is 11.5 Å². The van der Waals surface area contributed by atoms with Crippen molar-refractivity contribution in [1.29, 1.82) is 0 Å². The number of rotatable bonds is 3. The molecule has 0 bridgehead atoms. The van der Waals surface area contributed by atoms with Crippen LogP contribution in [0.4, 0.5) is 0 Å². The predicted octanol–water partition coefficient (Wildman–Crippen LogP) is 5.10. The molecular weight excluding hydrogens is 258 g/mol. The zero-order chi connectivity index (χ0) is 15.6. The lowest BCUT2D eigenvalue weighted by Gasteiger charge is -2.23. The van der Waals surface area contributed by atoms with Crippen molar-refractivity contribution < 1.29 is 4.74 Å². The quantitative estimate of drug-likeness (QED) is 0.850. The van der Waals surface area contributed by atoms with E-state index < -0.39 is 0 Å². The molecule has 2 nitrogen and oxygen atoms in total. The van der Waals surface area contributed by atoms with Crippen molar-refractivity contribution in [3.63, 3.8) is 0 Å². The molecule has 2 rings (SSSR count). The molecule has 0 saturated carbocycles. The Balaban J connectivity index is 2.38. The van der Waals surface area contributed by atoms with Crippen molar-refractivity contribution >= 4 is 0 Å². The van der Waals surface area contributed by atoms with Crippen molar-refractivity contribution in [1.82, 2.24) is 0 Å². The monoisotopic (exact) mass is 283 g/mol. The third kappa shape index (κ3) is 3.85. The summed E-state index contributed by atoms with van der Waals surface area (Å²) in [5.74, 6) is 1.74. The summed E-state index contributed by atoms with van der Waals surface area (Å²) in [6.45, 7) is 10.7. The normalized spacial score (nSPS) is 13.0. The number of nitrogens with two attached hydrogens (primary N) is 1. The van der Waals surface area contributed by atoms with Gasteiger partial charge in [-0.3, -0.25) is 0 Å². The SMILES string of the molecule is Cc1ccc(Oc2cccc(C(C)N)c2)c(C(C)(C)C)c1. The van der Waals surface area contributed by atoms with Gasteiger partial charge in [0.2, 0.25) is 0 Å². The fourth-order valence-electron chi connectivity index (χ4n) is 2.31. The number of hydrogen-bond donors (Lipinski definition) is 1. The van der Waals surface area contributed by atoms with Gasteiger partial charge in [-0.25, -0.2) is 0 Å². The van der Waals surface area contributed by atoms with Crippen LogP contribution in [0.5, 0.6) is 11.5 Å². The van der Waals surface area contributed by atoms with Gasteiger partial charge >= 0.3 is 0 Å². The molecule has 0 aromatic heterocycles. The minimum atomic E-state index is 0.00801. The van der Waals surface area contributed by atoms with Gasteiger partial charge in [0.25, 0.3) is 0 Å². The lowest BCUT2D eigenvalue weighted by Crippen LogP contribution is -2.13. The summed E-state index contributed by atoms with van der Waals surface area (Å²) >= 11 is 0. The second-order valence-electron chi connectivity index (χ2n) is 6.71. The summed E-state index contributed by atoms with van der Waals surface area (Å²) < 4.78 is 6.13. The van der Waals surface area contributed by atoms with Gasteiger partial charge in [-0.15, -0.1) is 0 Å². The Bertz CT molecular complexity index is 624. The van der Waals surface area contributed by atoms with Crippen molar-refractivity contribution in [3.05, 3.63) is 59.2 Å². The van der Waals surface area contributed by atoms with Crippen molar-refractivity contribution in [3.8, 4) is 11.5 Å². The summed E-state index contributed by atoms with van der Waals surface area (Å²) in [4.78, 5) is 0. The molecule has 2 aromatic carbocycles. The first-order chi connectivity index (χ1) is 9.77. The molecule has 0 aliphatic carbocycles. The molecule has 1 atom stereocenters. The first kappa shape index (κ1) is 15.6. The summed E-state index contributed by atoms with van der Waals surface area (Å²) in [5.41, 5.74) is 9.52. The van der Waals surface area contributed by atoms with Gasteiger partial charge in [-0.1, -0.05) is 50.6 Å². The van der Waals surface area contributed by atoms with Gasteiger partial charge in [0.15, 0.2) is 0 Å². The molecule has 0 radical (unpaired) electrons. The number of aryl methyl sites for hydroxylation is 1. The van der Waals surface area contributed by atoms with E-state index in [1.807, 2.05) is 31.2 Å². The van der Waals surface area contributed by atoms with Crippen LogP contribution >= 0.6 is 0 Å². The van der Waals surface area contributed by atoms with Crippen LogP contribution in [0.1, 0.15) is 50.4 Å². The molecule has 2 heteroatoms. The second kappa shape index (κ2) is 5.90. The molecule has 0 spiro atoms. The molecule has 112 valence electrons. The molecule has 2 aromatic rings. The molecule has 0 fully saturated rings. The topological polar surface area (TPSA) is 35.2 Å². The largest absolute Gasteiger partial charge is 0.457 e. The zero-order valence-electron chi connectivity index (χ0n) is 13.6. The average molecular weight is 283 g/mol. The molecule has 0 saturated heterocycles. The van der Waals surface area contributed by atoms with Crippen LogP contribution in [0, 0.1) is 6.92 Å². The summed E-state index contributed by atoms with van der Waals surface area (Å²) in [5, 5.41) is 0. The Labute approximate surface area is 127 Å². The third-order valence-corrected chi connectivity index (χ3v) is 3.55. The van der Waals surface area contributed by atoms with E-state index in [2.05, 4.69) is 45.9 Å². The Morgan fingerprint density at radius 3 is 2.38 bits per heavy atom. The maximum Gasteiger partial charge on any atom is 0.131 e. The average Bonchev–Trinajstić information content (AvgIpc) is 2.40. The first-order valence-corrected chi connectivity index (χ1v) is 7.42. The zero-order valence-corrected chi connectivity index (χ0v) is 13.6. The maximum atomic E-state index is 6.13. The Hall–Kier alpha value is -1.80. The molecule has 0 amide bonds. The van der Waals surface area contributed by atoms with Crippen molar-refractivity contribution in [2.24, 2.45) is 5.73 Å². The van der Waals surface area contributed by atoms with Crippen LogP contribution in [0.3, 0.4) is 0 Å². The van der Waals surface area contributed by atoms with Crippen LogP contribution < -0.4 is 10.5 Å². The van der Waals surface area contributed by atoms with Gasteiger partial charge in [-0.2, -0.15) is 0 Å². The van der Waals surface area contributed by atoms with E-state index in [1.165, 1.54) is 11.1 Å². The van der Waals surface area contributed by atoms with E-state index in [1.54, 1.807) is 0 Å². The van der Waals surface area contributed by atoms with Gasteiger partial charge in [0, 0.05) is 11.6 Å². The molecular formula is C19H25NO. The number of hydrogen-bond acceptors (Lipinski definition) is 2. The molecule has 21 heavy (non-hydrogen) atoms. The predicted molar refractivity (Wildman–Crippen MR) is 89.0 cm³/mol. The first-order valence-electron chi connectivity index (χ1n) is 7.42. The minimum absolute atomic E-state index is 0.00801. The van der Waals surface area contributed by atoms with Crippen molar-refractivity contribution in [2.75, 3.05) is 0 Å². The molecule has 0 aliphatic heterocycles. The molecule has 1 unspecified atom stereocenters. The van der Waals surface area contributed by atoms with E-state index >= 15 is 0 Å². The highest BCUT2D eigenvalue weighted by Gasteiger charge is 2.19. The second-order valence-corrected chi connectivity index (χ2v) is 6.71. The summed E-state index contributed by atoms with van der Waals surface area (Å²) in [7, 11) is 0. The highest BCUT2D eigenvalue weighted by Crippen LogP contribution is 2.35. The number of benzene rings is 2. The van der Waals surface area contributed by atoms with Gasteiger partial charge in [0.05, 0.1) is 0 Å². The highest BCUT2D eigenvalue weighted by atomic mass is 16.5. The lowest BCUT2D eigenvalue weighted by molar-refractivity contribution is 0.454. The molecule has 0 aliphatic rings. The third-order valence-electron chi connectivity index (χ3n) is 3.55. The van der Waals surface area contributed by atoms with Crippen LogP contribution in [0.2, 0.25) is 0 Å². The van der Waals surface area contributed by atoms with E-state index in [0.29, 0.717) is 0 Å². The fourth-order valence-corrected chi connectivity index (χ4v) is 2.31. The molecule has 2 N–H and O–H groups in total. The van der Waals surface area contributed by atoms with Gasteiger partial charge in [0.1, 0.15) is 11.5 Å². The lowest BCUT2D eigenvalue weighted by atomic mass is 9.85. The van der Waals surface area contributed by atoms with Crippen molar-refractivity contribution in [2.45, 2.75) is 46.1 Å². The van der Waals surface area contributed by atoms with Crippen LogP contribution in [0.15, 0.2) is 42.5 Å². The van der Waals surface area contributed by atoms with Gasteiger partial charge in [-0.05, 0) is 43.0 Å². The Kier molecular flexibility index (Phi) is 4.38. The van der Waals surface area contributed by atoms with Gasteiger partial charge < -0.3 is 10.5 Å². The summed E-state index contributed by atoms with van der Waals surface area (Å²) in [6.07, 6.45) is 0. The maximum absolute atomic E-state index is 6.13. The van der Waals surface area contributed by atoms with E-state index in [4.69, 9.17) is 10.5 Å². The Morgan fingerprint density at radius 2 is 1.76 bits per heavy atom. The molecule has 0 heterocycles.